The summed E-state index contributed by atoms with van der Waals surface area (Å²) in [5.74, 6) is 0.852. The maximum Gasteiger partial charge on any atom is 0.253 e. The van der Waals surface area contributed by atoms with Gasteiger partial charge in [0.05, 0.1) is 5.92 Å². The highest BCUT2D eigenvalue weighted by Crippen LogP contribution is 2.21. The molecule has 7 nitrogen and oxygen atoms in total. The highest BCUT2D eigenvalue weighted by molar-refractivity contribution is 5.94. The molecule has 0 radical (unpaired) electrons. The molecule has 0 bridgehead atoms. The fourth-order valence-electron chi connectivity index (χ4n) is 4.29. The number of anilines is 1. The van der Waals surface area contributed by atoms with Gasteiger partial charge in [-0.1, -0.05) is 17.7 Å². The minimum atomic E-state index is -0.133. The first-order valence-electron chi connectivity index (χ1n) is 10.8. The monoisotopic (exact) mass is 407 g/mol. The van der Waals surface area contributed by atoms with Crippen molar-refractivity contribution in [1.29, 1.82) is 0 Å². The molecule has 2 aromatic rings. The van der Waals surface area contributed by atoms with Gasteiger partial charge in [-0.3, -0.25) is 9.59 Å². The van der Waals surface area contributed by atoms with Crippen molar-refractivity contribution in [3.63, 3.8) is 0 Å². The Hall–Kier alpha value is -2.96. The summed E-state index contributed by atoms with van der Waals surface area (Å²) in [5, 5.41) is 11.3. The number of hydrogen-bond acceptors (Lipinski definition) is 5. The number of carbonyl (C=O) groups excluding carboxylic acids is 2. The summed E-state index contributed by atoms with van der Waals surface area (Å²) < 4.78 is 0. The summed E-state index contributed by atoms with van der Waals surface area (Å²) in [6, 6.07) is 11.7. The van der Waals surface area contributed by atoms with Crippen LogP contribution in [0.3, 0.4) is 0 Å². The van der Waals surface area contributed by atoms with Crippen LogP contribution in [-0.4, -0.2) is 59.1 Å². The van der Waals surface area contributed by atoms with E-state index in [1.807, 2.05) is 48.2 Å². The molecule has 158 valence electrons. The Balaban J connectivity index is 1.28. The molecule has 4 rings (SSSR count). The largest absolute Gasteiger partial charge is 0.355 e. The van der Waals surface area contributed by atoms with Crippen LogP contribution in [0.15, 0.2) is 42.6 Å². The van der Waals surface area contributed by atoms with Gasteiger partial charge in [-0.2, -0.15) is 5.10 Å². The molecule has 1 atom stereocenters. The Bertz CT molecular complexity index is 863. The summed E-state index contributed by atoms with van der Waals surface area (Å²) in [6.07, 6.45) is 5.15. The van der Waals surface area contributed by atoms with Crippen molar-refractivity contribution in [3.05, 3.63) is 53.7 Å². The van der Waals surface area contributed by atoms with Crippen molar-refractivity contribution >= 4 is 17.6 Å². The number of nitrogens with one attached hydrogen (secondary N) is 1. The van der Waals surface area contributed by atoms with Gasteiger partial charge in [0.1, 0.15) is 0 Å². The minimum absolute atomic E-state index is 0.0183. The molecule has 2 fully saturated rings. The molecular formula is C23H29N5O2. The van der Waals surface area contributed by atoms with Crippen molar-refractivity contribution in [3.8, 4) is 0 Å². The molecule has 1 aromatic carbocycles. The van der Waals surface area contributed by atoms with Crippen LogP contribution >= 0.6 is 0 Å². The highest BCUT2D eigenvalue weighted by atomic mass is 16.2. The van der Waals surface area contributed by atoms with E-state index in [9.17, 15) is 9.59 Å². The first-order chi connectivity index (χ1) is 14.6. The van der Waals surface area contributed by atoms with E-state index in [0.717, 1.165) is 50.2 Å². The summed E-state index contributed by atoms with van der Waals surface area (Å²) in [5.41, 5.74) is 1.82. The van der Waals surface area contributed by atoms with Crippen LogP contribution in [-0.2, 0) is 4.79 Å². The van der Waals surface area contributed by atoms with Gasteiger partial charge in [0.25, 0.3) is 5.91 Å². The Morgan fingerprint density at radius 3 is 2.50 bits per heavy atom. The Kier molecular flexibility index (Phi) is 6.26. The van der Waals surface area contributed by atoms with Gasteiger partial charge in [-0.25, -0.2) is 0 Å². The molecule has 0 spiro atoms. The van der Waals surface area contributed by atoms with Gasteiger partial charge >= 0.3 is 0 Å². The zero-order chi connectivity index (χ0) is 20.9. The van der Waals surface area contributed by atoms with Crippen molar-refractivity contribution < 1.29 is 9.59 Å². The van der Waals surface area contributed by atoms with Gasteiger partial charge in [0, 0.05) is 44.0 Å². The lowest BCUT2D eigenvalue weighted by Gasteiger charge is -2.35. The number of nitrogens with zero attached hydrogens (tertiary/aromatic N) is 4. The third kappa shape index (κ3) is 4.78. The van der Waals surface area contributed by atoms with E-state index in [-0.39, 0.29) is 23.8 Å². The lowest BCUT2D eigenvalue weighted by molar-refractivity contribution is -0.127. The van der Waals surface area contributed by atoms with E-state index in [0.29, 0.717) is 18.7 Å². The lowest BCUT2D eigenvalue weighted by atomic mass is 9.95. The number of hydrogen-bond donors (Lipinski definition) is 1. The van der Waals surface area contributed by atoms with Crippen molar-refractivity contribution in [2.75, 3.05) is 31.1 Å². The fourth-order valence-corrected chi connectivity index (χ4v) is 4.29. The predicted molar refractivity (Wildman–Crippen MR) is 115 cm³/mol. The molecule has 0 saturated carbocycles. The SMILES string of the molecule is Cc1ccc(C(=O)N2CCCC(C(=O)NC3CCN(c4cccnn4)CC3)C2)cc1. The molecule has 3 heterocycles. The van der Waals surface area contributed by atoms with Crippen molar-refractivity contribution in [2.45, 2.75) is 38.6 Å². The van der Waals surface area contributed by atoms with E-state index in [1.165, 1.54) is 0 Å². The first-order valence-corrected chi connectivity index (χ1v) is 10.8. The molecule has 7 heteroatoms. The number of carbonyl (C=O) groups is 2. The minimum Gasteiger partial charge on any atom is -0.355 e. The third-order valence-electron chi connectivity index (χ3n) is 6.10. The second kappa shape index (κ2) is 9.24. The lowest BCUT2D eigenvalue weighted by Crippen LogP contribution is -2.50. The number of benzene rings is 1. The molecule has 2 aliphatic heterocycles. The van der Waals surface area contributed by atoms with Gasteiger partial charge in [0.15, 0.2) is 5.82 Å². The molecule has 1 N–H and O–H groups in total. The molecular weight excluding hydrogens is 378 g/mol. The van der Waals surface area contributed by atoms with Crippen LogP contribution in [0.25, 0.3) is 0 Å². The van der Waals surface area contributed by atoms with Crippen molar-refractivity contribution in [1.82, 2.24) is 20.4 Å². The van der Waals surface area contributed by atoms with Crippen LogP contribution in [0, 0.1) is 12.8 Å². The van der Waals surface area contributed by atoms with Gasteiger partial charge in [-0.15, -0.1) is 5.10 Å². The fraction of sp³-hybridized carbons (Fsp3) is 0.478. The second-order valence-corrected chi connectivity index (χ2v) is 8.31. The maximum absolute atomic E-state index is 12.9. The van der Waals surface area contributed by atoms with E-state index >= 15 is 0 Å². The Morgan fingerprint density at radius 1 is 1.03 bits per heavy atom. The number of aryl methyl sites for hydroxylation is 1. The molecule has 1 aromatic heterocycles. The van der Waals surface area contributed by atoms with Crippen molar-refractivity contribution in [2.24, 2.45) is 5.92 Å². The zero-order valence-corrected chi connectivity index (χ0v) is 17.5. The molecule has 0 aliphatic carbocycles. The summed E-state index contributed by atoms with van der Waals surface area (Å²) >= 11 is 0. The van der Waals surface area contributed by atoms with Crippen LogP contribution < -0.4 is 10.2 Å². The van der Waals surface area contributed by atoms with Crippen LogP contribution in [0.2, 0.25) is 0 Å². The van der Waals surface area contributed by atoms with Crippen LogP contribution in [0.1, 0.15) is 41.6 Å². The van der Waals surface area contributed by atoms with E-state index in [4.69, 9.17) is 0 Å². The summed E-state index contributed by atoms with van der Waals surface area (Å²) in [7, 11) is 0. The first kappa shape index (κ1) is 20.3. The molecule has 1 unspecified atom stereocenters. The number of amides is 2. The topological polar surface area (TPSA) is 78.4 Å². The smallest absolute Gasteiger partial charge is 0.253 e. The molecule has 2 aliphatic rings. The van der Waals surface area contributed by atoms with Gasteiger partial charge in [0.2, 0.25) is 5.91 Å². The van der Waals surface area contributed by atoms with Crippen LogP contribution in [0.5, 0.6) is 0 Å². The van der Waals surface area contributed by atoms with E-state index < -0.39 is 0 Å². The maximum atomic E-state index is 12.9. The van der Waals surface area contributed by atoms with E-state index in [1.54, 1.807) is 6.20 Å². The molecule has 30 heavy (non-hydrogen) atoms. The van der Waals surface area contributed by atoms with E-state index in [2.05, 4.69) is 20.4 Å². The molecule has 2 amide bonds. The average Bonchev–Trinajstić information content (AvgIpc) is 2.80. The molecule has 2 saturated heterocycles. The Labute approximate surface area is 177 Å². The zero-order valence-electron chi connectivity index (χ0n) is 17.5. The quantitative estimate of drug-likeness (QED) is 0.842. The second-order valence-electron chi connectivity index (χ2n) is 8.31. The summed E-state index contributed by atoms with van der Waals surface area (Å²) in [4.78, 5) is 29.7. The Morgan fingerprint density at radius 2 is 1.80 bits per heavy atom. The average molecular weight is 408 g/mol. The number of likely N-dealkylation sites (tertiary alicyclic amines) is 1. The number of piperidine rings is 2. The third-order valence-corrected chi connectivity index (χ3v) is 6.10. The van der Waals surface area contributed by atoms with Gasteiger partial charge in [-0.05, 0) is 56.9 Å². The normalized spacial score (nSPS) is 20.1. The summed E-state index contributed by atoms with van der Waals surface area (Å²) in [6.45, 7) is 4.93. The van der Waals surface area contributed by atoms with Crippen LogP contribution in [0.4, 0.5) is 5.82 Å². The van der Waals surface area contributed by atoms with Gasteiger partial charge < -0.3 is 15.1 Å². The number of rotatable bonds is 4. The predicted octanol–water partition coefficient (Wildman–Crippen LogP) is 2.42. The highest BCUT2D eigenvalue weighted by Gasteiger charge is 2.31. The number of aromatic nitrogens is 2. The standard InChI is InChI=1S/C23H29N5O2/c1-17-6-8-18(9-7-17)23(30)28-13-3-4-19(16-28)22(29)25-20-10-14-27(15-11-20)21-5-2-12-24-26-21/h2,5-9,12,19-20H,3-4,10-11,13-16H2,1H3,(H,25,29).